The molecule has 4 nitrogen and oxygen atoms in total. The van der Waals surface area contributed by atoms with Crippen molar-refractivity contribution in [2.24, 2.45) is 0 Å². The van der Waals surface area contributed by atoms with Gasteiger partial charge in [0.25, 0.3) is 0 Å². The van der Waals surface area contributed by atoms with Crippen LogP contribution in [0.25, 0.3) is 10.9 Å². The summed E-state index contributed by atoms with van der Waals surface area (Å²) in [7, 11) is 0. The van der Waals surface area contributed by atoms with Crippen molar-refractivity contribution in [3.63, 3.8) is 0 Å². The van der Waals surface area contributed by atoms with Gasteiger partial charge in [-0.25, -0.2) is 0 Å². The number of aromatic amines is 1. The number of ether oxygens (including phenoxy) is 2. The highest BCUT2D eigenvalue weighted by Gasteiger charge is 2.14. The van der Waals surface area contributed by atoms with Crippen LogP contribution in [0.4, 0.5) is 0 Å². The summed E-state index contributed by atoms with van der Waals surface area (Å²) in [5, 5.41) is 1.65. The second-order valence-corrected chi connectivity index (χ2v) is 6.50. The molecule has 0 aliphatic heterocycles. The van der Waals surface area contributed by atoms with E-state index in [0.717, 1.165) is 23.7 Å². The maximum Gasteiger partial charge on any atom is 0.308 e. The van der Waals surface area contributed by atoms with Crippen LogP contribution in [0.1, 0.15) is 25.8 Å². The zero-order valence-electron chi connectivity index (χ0n) is 13.9. The predicted octanol–water partition coefficient (Wildman–Crippen LogP) is 6.14. The first-order valence-electron chi connectivity index (χ1n) is 7.93. The lowest BCUT2D eigenvalue weighted by molar-refractivity contribution is -0.131. The molecular weight excluding hydrogens is 361 g/mol. The Balaban J connectivity index is 1.92. The molecule has 1 N–H and O–H groups in total. The first kappa shape index (κ1) is 17.6. The number of H-pyrrole nitrogens is 1. The minimum Gasteiger partial charge on any atom is -0.454 e. The Morgan fingerprint density at radius 3 is 2.48 bits per heavy atom. The summed E-state index contributed by atoms with van der Waals surface area (Å²) in [6.45, 7) is 3.45. The zero-order chi connectivity index (χ0) is 18.0. The van der Waals surface area contributed by atoms with Crippen molar-refractivity contribution in [3.05, 3.63) is 52.1 Å². The molecule has 0 unspecified atom stereocenters. The Hall–Kier alpha value is -2.17. The fourth-order valence-corrected chi connectivity index (χ4v) is 3.22. The summed E-state index contributed by atoms with van der Waals surface area (Å²) >= 11 is 12.5. The molecule has 0 saturated heterocycles. The third-order valence-corrected chi connectivity index (χ3v) is 4.27. The molecule has 0 atom stereocenters. The largest absolute Gasteiger partial charge is 0.454 e. The van der Waals surface area contributed by atoms with Gasteiger partial charge in [0.05, 0.1) is 10.0 Å². The highest BCUT2D eigenvalue weighted by atomic mass is 35.5. The van der Waals surface area contributed by atoms with Crippen molar-refractivity contribution in [3.8, 4) is 17.2 Å². The van der Waals surface area contributed by atoms with Gasteiger partial charge < -0.3 is 14.5 Å². The van der Waals surface area contributed by atoms with Gasteiger partial charge in [-0.1, -0.05) is 36.5 Å². The molecule has 0 radical (unpaired) electrons. The number of halogens is 2. The number of carbonyl (C=O) groups excluding carboxylic acids is 1. The summed E-state index contributed by atoms with van der Waals surface area (Å²) < 4.78 is 10.9. The zero-order valence-corrected chi connectivity index (χ0v) is 15.4. The summed E-state index contributed by atoms with van der Waals surface area (Å²) in [4.78, 5) is 14.3. The second kappa shape index (κ2) is 7.38. The first-order chi connectivity index (χ1) is 12.0. The van der Waals surface area contributed by atoms with Gasteiger partial charge in [-0.15, -0.1) is 0 Å². The van der Waals surface area contributed by atoms with E-state index in [-0.39, 0.29) is 15.8 Å². The van der Waals surface area contributed by atoms with Crippen LogP contribution in [0.3, 0.4) is 0 Å². The number of esters is 1. The molecule has 0 fully saturated rings. The van der Waals surface area contributed by atoms with E-state index in [4.69, 9.17) is 32.7 Å². The summed E-state index contributed by atoms with van der Waals surface area (Å²) in [5.41, 5.74) is 2.29. The molecule has 2 aromatic carbocycles. The van der Waals surface area contributed by atoms with Crippen molar-refractivity contribution in [1.82, 2.24) is 4.98 Å². The number of nitrogens with one attached hydrogen (secondary N) is 1. The van der Waals surface area contributed by atoms with E-state index < -0.39 is 5.97 Å². The topological polar surface area (TPSA) is 51.3 Å². The molecule has 3 aromatic rings. The highest BCUT2D eigenvalue weighted by Crippen LogP contribution is 2.40. The third kappa shape index (κ3) is 3.91. The van der Waals surface area contributed by atoms with Crippen molar-refractivity contribution < 1.29 is 14.3 Å². The van der Waals surface area contributed by atoms with Crippen molar-refractivity contribution in [1.29, 1.82) is 0 Å². The molecule has 1 aromatic heterocycles. The molecule has 25 heavy (non-hydrogen) atoms. The Morgan fingerprint density at radius 1 is 1.12 bits per heavy atom. The fraction of sp³-hybridized carbons (Fsp3) is 0.211. The van der Waals surface area contributed by atoms with Gasteiger partial charge in [-0.3, -0.25) is 4.79 Å². The average molecular weight is 378 g/mol. The van der Waals surface area contributed by atoms with E-state index in [2.05, 4.69) is 11.9 Å². The number of aryl methyl sites for hydroxylation is 1. The van der Waals surface area contributed by atoms with Crippen LogP contribution in [0.2, 0.25) is 10.0 Å². The molecule has 0 amide bonds. The Kier molecular flexibility index (Phi) is 5.21. The smallest absolute Gasteiger partial charge is 0.308 e. The molecular formula is C19H17Cl2NO3. The molecule has 0 spiro atoms. The summed E-state index contributed by atoms with van der Waals surface area (Å²) in [6.07, 6.45) is 4.07. The molecule has 0 aliphatic carbocycles. The Labute approximate surface area is 155 Å². The predicted molar refractivity (Wildman–Crippen MR) is 100 cm³/mol. The number of aromatic nitrogens is 1. The fourth-order valence-electron chi connectivity index (χ4n) is 2.67. The van der Waals surface area contributed by atoms with Crippen molar-refractivity contribution >= 4 is 40.1 Å². The monoisotopic (exact) mass is 377 g/mol. The number of hydrogen-bond donors (Lipinski definition) is 1. The normalized spacial score (nSPS) is 10.9. The van der Waals surface area contributed by atoms with Gasteiger partial charge >= 0.3 is 5.97 Å². The van der Waals surface area contributed by atoms with Gasteiger partial charge in [-0.05, 0) is 30.2 Å². The van der Waals surface area contributed by atoms with Gasteiger partial charge in [0, 0.05) is 36.2 Å². The van der Waals surface area contributed by atoms with Crippen LogP contribution in [0.15, 0.2) is 36.5 Å². The molecule has 0 bridgehead atoms. The van der Waals surface area contributed by atoms with E-state index in [1.807, 2.05) is 24.4 Å². The van der Waals surface area contributed by atoms with E-state index in [1.165, 1.54) is 24.6 Å². The minimum absolute atomic E-state index is 0.270. The van der Waals surface area contributed by atoms with E-state index in [0.29, 0.717) is 11.5 Å². The third-order valence-electron chi connectivity index (χ3n) is 3.71. The van der Waals surface area contributed by atoms with E-state index in [9.17, 15) is 4.79 Å². The average Bonchev–Trinajstić information content (AvgIpc) is 2.93. The van der Waals surface area contributed by atoms with Crippen LogP contribution in [0.5, 0.6) is 17.2 Å². The first-order valence-corrected chi connectivity index (χ1v) is 8.69. The molecule has 130 valence electrons. The maximum atomic E-state index is 11.1. The Bertz CT molecular complexity index is 911. The standard InChI is InChI=1S/C19H17Cl2NO3/c1-3-4-12-10-22-18-6-5-13(7-15(12)18)25-19-16(20)8-14(9-17(19)21)24-11(2)23/h5-10,22H,3-4H2,1-2H3. The van der Waals surface area contributed by atoms with Gasteiger partial charge in [-0.2, -0.15) is 0 Å². The van der Waals surface area contributed by atoms with E-state index in [1.54, 1.807) is 0 Å². The quantitative estimate of drug-likeness (QED) is 0.428. The number of fused-ring (bicyclic) bond motifs is 1. The Morgan fingerprint density at radius 2 is 1.84 bits per heavy atom. The van der Waals surface area contributed by atoms with Gasteiger partial charge in [0.15, 0.2) is 5.75 Å². The van der Waals surface area contributed by atoms with Crippen LogP contribution < -0.4 is 9.47 Å². The molecule has 0 saturated carbocycles. The van der Waals surface area contributed by atoms with E-state index >= 15 is 0 Å². The molecule has 1 heterocycles. The van der Waals surface area contributed by atoms with Crippen LogP contribution >= 0.6 is 23.2 Å². The lowest BCUT2D eigenvalue weighted by Crippen LogP contribution is -2.01. The number of hydrogen-bond acceptors (Lipinski definition) is 3. The van der Waals surface area contributed by atoms with Crippen molar-refractivity contribution in [2.75, 3.05) is 0 Å². The highest BCUT2D eigenvalue weighted by molar-refractivity contribution is 6.37. The maximum absolute atomic E-state index is 11.1. The summed E-state index contributed by atoms with van der Waals surface area (Å²) in [6, 6.07) is 8.77. The van der Waals surface area contributed by atoms with Gasteiger partial charge in [0.1, 0.15) is 11.5 Å². The molecule has 6 heteroatoms. The van der Waals surface area contributed by atoms with Crippen molar-refractivity contribution in [2.45, 2.75) is 26.7 Å². The number of rotatable bonds is 5. The summed E-state index contributed by atoms with van der Waals surface area (Å²) in [5.74, 6) is 0.794. The SMILES string of the molecule is CCCc1c[nH]c2ccc(Oc3c(Cl)cc(OC(C)=O)cc3Cl)cc12. The number of benzene rings is 2. The minimum atomic E-state index is -0.442. The second-order valence-electron chi connectivity index (χ2n) is 5.68. The van der Waals surface area contributed by atoms with Gasteiger partial charge in [0.2, 0.25) is 0 Å². The lowest BCUT2D eigenvalue weighted by atomic mass is 10.1. The molecule has 0 aliphatic rings. The number of carbonyl (C=O) groups is 1. The molecule has 3 rings (SSSR count). The van der Waals surface area contributed by atoms with Crippen LogP contribution in [0, 0.1) is 0 Å². The lowest BCUT2D eigenvalue weighted by Gasteiger charge is -2.11. The van der Waals surface area contributed by atoms with Crippen LogP contribution in [-0.2, 0) is 11.2 Å². The van der Waals surface area contributed by atoms with Crippen LogP contribution in [-0.4, -0.2) is 11.0 Å².